The fraction of sp³-hybridized carbons (Fsp3) is 1.00. The average molecular weight is 243 g/mol. The molecule has 100 valence electrons. The van der Waals surface area contributed by atoms with Gasteiger partial charge in [0.25, 0.3) is 0 Å². The van der Waals surface area contributed by atoms with Crippen molar-refractivity contribution in [2.45, 2.75) is 56.3 Å². The first-order valence-electron chi connectivity index (χ1n) is 6.79. The Balaban J connectivity index is 1.88. The highest BCUT2D eigenvalue weighted by molar-refractivity contribution is 4.89. The molecule has 1 saturated carbocycles. The summed E-state index contributed by atoms with van der Waals surface area (Å²) in [7, 11) is 2.02. The lowest BCUT2D eigenvalue weighted by molar-refractivity contribution is -0.0908. The summed E-state index contributed by atoms with van der Waals surface area (Å²) in [5.74, 6) is 0. The highest BCUT2D eigenvalue weighted by atomic mass is 16.5. The molecular weight excluding hydrogens is 218 g/mol. The Morgan fingerprint density at radius 3 is 2.53 bits per heavy atom. The van der Waals surface area contributed by atoms with Crippen molar-refractivity contribution in [3.05, 3.63) is 0 Å². The van der Waals surface area contributed by atoms with Crippen LogP contribution in [0.2, 0.25) is 0 Å². The normalized spacial score (nSPS) is 33.9. The van der Waals surface area contributed by atoms with Gasteiger partial charge in [-0.3, -0.25) is 4.90 Å². The summed E-state index contributed by atoms with van der Waals surface area (Å²) in [6.45, 7) is 1.95. The van der Waals surface area contributed by atoms with Gasteiger partial charge in [-0.05, 0) is 19.9 Å². The van der Waals surface area contributed by atoms with Crippen molar-refractivity contribution in [3.63, 3.8) is 0 Å². The van der Waals surface area contributed by atoms with Gasteiger partial charge in [0, 0.05) is 38.6 Å². The molecule has 0 aromatic heterocycles. The standard InChI is InChI=1S/C13H25NO3/c1-14(11-4-2-3-5-12(11)15)10-13(16)6-8-17-9-7-13/h11-12,15-16H,2-10H2,1H3/t11-,12-/m1/s1. The highest BCUT2D eigenvalue weighted by Gasteiger charge is 2.35. The summed E-state index contributed by atoms with van der Waals surface area (Å²) in [4.78, 5) is 2.15. The zero-order chi connectivity index (χ0) is 12.3. The van der Waals surface area contributed by atoms with Crippen LogP contribution in [-0.4, -0.2) is 59.7 Å². The Kier molecular flexibility index (Phi) is 4.42. The zero-order valence-corrected chi connectivity index (χ0v) is 10.8. The van der Waals surface area contributed by atoms with E-state index >= 15 is 0 Å². The maximum Gasteiger partial charge on any atom is 0.0817 e. The molecule has 0 amide bonds. The third-order valence-corrected chi connectivity index (χ3v) is 4.23. The van der Waals surface area contributed by atoms with Gasteiger partial charge in [0.1, 0.15) is 0 Å². The number of hydrogen-bond donors (Lipinski definition) is 2. The van der Waals surface area contributed by atoms with Crippen molar-refractivity contribution >= 4 is 0 Å². The summed E-state index contributed by atoms with van der Waals surface area (Å²) in [5.41, 5.74) is -0.621. The average Bonchev–Trinajstić information content (AvgIpc) is 2.29. The van der Waals surface area contributed by atoms with Gasteiger partial charge < -0.3 is 14.9 Å². The van der Waals surface area contributed by atoms with Crippen molar-refractivity contribution in [2.75, 3.05) is 26.8 Å². The van der Waals surface area contributed by atoms with E-state index in [1.807, 2.05) is 7.05 Å². The predicted molar refractivity (Wildman–Crippen MR) is 65.9 cm³/mol. The van der Waals surface area contributed by atoms with E-state index in [0.717, 1.165) is 19.3 Å². The number of aliphatic hydroxyl groups excluding tert-OH is 1. The smallest absolute Gasteiger partial charge is 0.0817 e. The summed E-state index contributed by atoms with van der Waals surface area (Å²) >= 11 is 0. The molecule has 1 saturated heterocycles. The molecule has 4 nitrogen and oxygen atoms in total. The first-order chi connectivity index (χ1) is 8.11. The first kappa shape index (κ1) is 13.3. The number of ether oxygens (including phenoxy) is 1. The Hall–Kier alpha value is -0.160. The van der Waals surface area contributed by atoms with Crippen LogP contribution in [0.1, 0.15) is 38.5 Å². The molecule has 0 radical (unpaired) electrons. The molecule has 2 fully saturated rings. The van der Waals surface area contributed by atoms with Gasteiger partial charge in [0.15, 0.2) is 0 Å². The molecule has 1 heterocycles. The lowest BCUT2D eigenvalue weighted by atomic mass is 9.89. The van der Waals surface area contributed by atoms with Crippen molar-refractivity contribution < 1.29 is 14.9 Å². The fourth-order valence-electron chi connectivity index (χ4n) is 3.10. The molecule has 2 atom stereocenters. The highest BCUT2D eigenvalue weighted by Crippen LogP contribution is 2.26. The molecule has 0 aromatic rings. The fourth-order valence-corrected chi connectivity index (χ4v) is 3.10. The molecule has 0 unspecified atom stereocenters. The van der Waals surface area contributed by atoms with Gasteiger partial charge >= 0.3 is 0 Å². The van der Waals surface area contributed by atoms with Crippen molar-refractivity contribution in [1.82, 2.24) is 4.90 Å². The van der Waals surface area contributed by atoms with Gasteiger partial charge in [-0.2, -0.15) is 0 Å². The van der Waals surface area contributed by atoms with E-state index < -0.39 is 5.60 Å². The molecule has 2 rings (SSSR count). The summed E-state index contributed by atoms with van der Waals surface area (Å²) in [6, 6.07) is 0.218. The van der Waals surface area contributed by atoms with Gasteiger partial charge in [-0.25, -0.2) is 0 Å². The SMILES string of the molecule is CN(CC1(O)CCOCC1)[C@@H]1CCCC[C@H]1O. The molecule has 17 heavy (non-hydrogen) atoms. The topological polar surface area (TPSA) is 52.9 Å². The number of hydrogen-bond acceptors (Lipinski definition) is 4. The second kappa shape index (κ2) is 5.65. The monoisotopic (exact) mass is 243 g/mol. The maximum absolute atomic E-state index is 10.5. The van der Waals surface area contributed by atoms with Crippen LogP contribution in [0.3, 0.4) is 0 Å². The number of rotatable bonds is 3. The molecule has 4 heteroatoms. The Labute approximate surface area is 104 Å². The second-order valence-electron chi connectivity index (χ2n) is 5.67. The summed E-state index contributed by atoms with van der Waals surface area (Å²) in [6.07, 6.45) is 5.45. The molecule has 1 aliphatic carbocycles. The largest absolute Gasteiger partial charge is 0.391 e. The predicted octanol–water partition coefficient (Wildman–Crippen LogP) is 0.763. The zero-order valence-electron chi connectivity index (χ0n) is 10.8. The Bertz CT molecular complexity index is 241. The molecule has 0 aromatic carbocycles. The number of aliphatic hydroxyl groups is 2. The minimum atomic E-state index is -0.621. The van der Waals surface area contributed by atoms with E-state index in [2.05, 4.69) is 4.90 Å². The molecule has 2 N–H and O–H groups in total. The summed E-state index contributed by atoms with van der Waals surface area (Å²) in [5, 5.41) is 20.5. The van der Waals surface area contributed by atoms with Crippen LogP contribution >= 0.6 is 0 Å². The van der Waals surface area contributed by atoms with Crippen LogP contribution < -0.4 is 0 Å². The van der Waals surface area contributed by atoms with Crippen LogP contribution in [0, 0.1) is 0 Å². The van der Waals surface area contributed by atoms with Crippen molar-refractivity contribution in [3.8, 4) is 0 Å². The van der Waals surface area contributed by atoms with Crippen LogP contribution in [0.4, 0.5) is 0 Å². The van der Waals surface area contributed by atoms with Crippen molar-refractivity contribution in [1.29, 1.82) is 0 Å². The van der Waals surface area contributed by atoms with Gasteiger partial charge in [-0.15, -0.1) is 0 Å². The molecule has 1 aliphatic heterocycles. The van der Waals surface area contributed by atoms with E-state index in [-0.39, 0.29) is 12.1 Å². The van der Waals surface area contributed by atoms with E-state index in [9.17, 15) is 10.2 Å². The number of likely N-dealkylation sites (N-methyl/N-ethyl adjacent to an activating group) is 1. The van der Waals surface area contributed by atoms with Crippen LogP contribution in [0.15, 0.2) is 0 Å². The Morgan fingerprint density at radius 2 is 1.88 bits per heavy atom. The van der Waals surface area contributed by atoms with E-state index in [0.29, 0.717) is 32.6 Å². The molecular formula is C13H25NO3. The third-order valence-electron chi connectivity index (χ3n) is 4.23. The van der Waals surface area contributed by atoms with Crippen LogP contribution in [0.25, 0.3) is 0 Å². The van der Waals surface area contributed by atoms with Gasteiger partial charge in [-0.1, -0.05) is 12.8 Å². The quantitative estimate of drug-likeness (QED) is 0.768. The van der Waals surface area contributed by atoms with Gasteiger partial charge in [0.2, 0.25) is 0 Å². The Morgan fingerprint density at radius 1 is 1.24 bits per heavy atom. The van der Waals surface area contributed by atoms with E-state index in [1.54, 1.807) is 0 Å². The second-order valence-corrected chi connectivity index (χ2v) is 5.67. The van der Waals surface area contributed by atoms with Crippen LogP contribution in [0.5, 0.6) is 0 Å². The molecule has 0 bridgehead atoms. The first-order valence-corrected chi connectivity index (χ1v) is 6.79. The minimum absolute atomic E-state index is 0.218. The third kappa shape index (κ3) is 3.41. The maximum atomic E-state index is 10.5. The lowest BCUT2D eigenvalue weighted by Crippen LogP contribution is -2.52. The van der Waals surface area contributed by atoms with Crippen LogP contribution in [-0.2, 0) is 4.74 Å². The van der Waals surface area contributed by atoms with E-state index in [1.165, 1.54) is 6.42 Å². The molecule has 0 spiro atoms. The van der Waals surface area contributed by atoms with Crippen molar-refractivity contribution in [2.24, 2.45) is 0 Å². The lowest BCUT2D eigenvalue weighted by Gasteiger charge is -2.41. The molecule has 2 aliphatic rings. The summed E-state index contributed by atoms with van der Waals surface area (Å²) < 4.78 is 5.29. The van der Waals surface area contributed by atoms with E-state index in [4.69, 9.17) is 4.74 Å². The van der Waals surface area contributed by atoms with Gasteiger partial charge in [0.05, 0.1) is 11.7 Å². The number of nitrogens with zero attached hydrogens (tertiary/aromatic N) is 1. The minimum Gasteiger partial charge on any atom is -0.391 e.